The standard InChI is InChI=1S/C16H20O4/c17-15(18)13-10-3-4-11(7-10)14(13)16(19)20-12-6-8-1-2-9(12)5-8/h3-4,8-14H,1-2,5-7H2,(H,17,18)/t8-,9-,10-,11-,12-,13+,14+/m0/s1. The molecule has 0 saturated heterocycles. The summed E-state index contributed by atoms with van der Waals surface area (Å²) in [5.74, 6) is -0.780. The number of ether oxygens (including phenoxy) is 1. The fraction of sp³-hybridized carbons (Fsp3) is 0.750. The minimum atomic E-state index is -0.850. The van der Waals surface area contributed by atoms with Gasteiger partial charge in [-0.05, 0) is 55.8 Å². The zero-order valence-corrected chi connectivity index (χ0v) is 11.4. The molecule has 0 amide bonds. The third-order valence-corrected chi connectivity index (χ3v) is 5.96. The Hall–Kier alpha value is -1.32. The molecule has 4 bridgehead atoms. The van der Waals surface area contributed by atoms with E-state index in [-0.39, 0.29) is 23.9 Å². The number of hydrogen-bond acceptors (Lipinski definition) is 3. The van der Waals surface area contributed by atoms with Gasteiger partial charge in [-0.25, -0.2) is 0 Å². The van der Waals surface area contributed by atoms with Crippen molar-refractivity contribution in [2.75, 3.05) is 0 Å². The van der Waals surface area contributed by atoms with Gasteiger partial charge in [0.25, 0.3) is 0 Å². The van der Waals surface area contributed by atoms with E-state index in [1.165, 1.54) is 19.3 Å². The Morgan fingerprint density at radius 2 is 1.75 bits per heavy atom. The lowest BCUT2D eigenvalue weighted by Gasteiger charge is -2.27. The van der Waals surface area contributed by atoms with Crippen molar-refractivity contribution in [3.63, 3.8) is 0 Å². The van der Waals surface area contributed by atoms with Crippen LogP contribution in [0.3, 0.4) is 0 Å². The van der Waals surface area contributed by atoms with Crippen molar-refractivity contribution in [1.29, 1.82) is 0 Å². The van der Waals surface area contributed by atoms with Crippen molar-refractivity contribution in [2.24, 2.45) is 35.5 Å². The molecule has 0 unspecified atom stereocenters. The molecule has 0 radical (unpaired) electrons. The van der Waals surface area contributed by atoms with Gasteiger partial charge < -0.3 is 9.84 Å². The van der Waals surface area contributed by atoms with Gasteiger partial charge in [0.05, 0.1) is 11.8 Å². The zero-order chi connectivity index (χ0) is 13.9. The van der Waals surface area contributed by atoms with Crippen LogP contribution in [0.5, 0.6) is 0 Å². The Morgan fingerprint density at radius 3 is 2.35 bits per heavy atom. The number of esters is 1. The summed E-state index contributed by atoms with van der Waals surface area (Å²) in [4.78, 5) is 23.9. The van der Waals surface area contributed by atoms with Crippen molar-refractivity contribution >= 4 is 11.9 Å². The smallest absolute Gasteiger partial charge is 0.310 e. The third kappa shape index (κ3) is 1.73. The van der Waals surface area contributed by atoms with Crippen LogP contribution >= 0.6 is 0 Å². The van der Waals surface area contributed by atoms with Crippen LogP contribution in [-0.2, 0) is 14.3 Å². The lowest BCUT2D eigenvalue weighted by atomic mass is 9.83. The molecule has 20 heavy (non-hydrogen) atoms. The Labute approximate surface area is 118 Å². The van der Waals surface area contributed by atoms with Crippen molar-refractivity contribution in [3.8, 4) is 0 Å². The van der Waals surface area contributed by atoms with Gasteiger partial charge >= 0.3 is 11.9 Å². The van der Waals surface area contributed by atoms with E-state index in [1.807, 2.05) is 12.2 Å². The van der Waals surface area contributed by atoms with Crippen LogP contribution < -0.4 is 0 Å². The van der Waals surface area contributed by atoms with E-state index in [1.54, 1.807) is 0 Å². The first-order valence-electron chi connectivity index (χ1n) is 7.75. The summed E-state index contributed by atoms with van der Waals surface area (Å²) in [7, 11) is 0. The third-order valence-electron chi connectivity index (χ3n) is 5.96. The topological polar surface area (TPSA) is 63.6 Å². The number of carboxylic acid groups (broad SMARTS) is 1. The van der Waals surface area contributed by atoms with Crippen molar-refractivity contribution in [3.05, 3.63) is 12.2 Å². The maximum atomic E-state index is 12.5. The molecule has 4 heteroatoms. The van der Waals surface area contributed by atoms with Crippen LogP contribution in [-0.4, -0.2) is 23.1 Å². The number of rotatable bonds is 3. The van der Waals surface area contributed by atoms with Crippen LogP contribution in [0.4, 0.5) is 0 Å². The highest BCUT2D eigenvalue weighted by Crippen LogP contribution is 2.50. The number of fused-ring (bicyclic) bond motifs is 4. The molecular formula is C16H20O4. The fourth-order valence-electron chi connectivity index (χ4n) is 5.04. The van der Waals surface area contributed by atoms with Gasteiger partial charge in [-0.15, -0.1) is 0 Å². The molecule has 3 saturated carbocycles. The van der Waals surface area contributed by atoms with Crippen molar-refractivity contribution in [2.45, 2.75) is 38.2 Å². The minimum absolute atomic E-state index is 0.0232. The van der Waals surface area contributed by atoms with E-state index in [0.29, 0.717) is 5.92 Å². The first-order chi connectivity index (χ1) is 9.63. The number of carbonyl (C=O) groups is 2. The fourth-order valence-corrected chi connectivity index (χ4v) is 5.04. The van der Waals surface area contributed by atoms with Gasteiger partial charge in [0, 0.05) is 0 Å². The molecule has 0 aromatic rings. The predicted octanol–water partition coefficient (Wildman–Crippen LogP) is 2.24. The van der Waals surface area contributed by atoms with Gasteiger partial charge in [-0.2, -0.15) is 0 Å². The second-order valence-electron chi connectivity index (χ2n) is 6.99. The number of carbonyl (C=O) groups excluding carboxylic acids is 1. The second kappa shape index (κ2) is 4.34. The summed E-state index contributed by atoms with van der Waals surface area (Å²) < 4.78 is 5.73. The van der Waals surface area contributed by atoms with Crippen molar-refractivity contribution in [1.82, 2.24) is 0 Å². The number of hydrogen-bond donors (Lipinski definition) is 1. The normalized spacial score (nSPS) is 47.9. The van der Waals surface area contributed by atoms with Gasteiger partial charge in [0.1, 0.15) is 6.10 Å². The van der Waals surface area contributed by atoms with E-state index < -0.39 is 17.8 Å². The van der Waals surface area contributed by atoms with Crippen LogP contribution in [0.25, 0.3) is 0 Å². The van der Waals surface area contributed by atoms with Crippen molar-refractivity contribution < 1.29 is 19.4 Å². The average molecular weight is 276 g/mol. The molecule has 108 valence electrons. The molecule has 7 atom stereocenters. The minimum Gasteiger partial charge on any atom is -0.481 e. The monoisotopic (exact) mass is 276 g/mol. The Kier molecular flexibility index (Phi) is 2.69. The molecule has 0 spiro atoms. The number of allylic oxidation sites excluding steroid dienone is 2. The highest BCUT2D eigenvalue weighted by Gasteiger charge is 2.53. The summed E-state index contributed by atoms with van der Waals surface area (Å²) in [6.45, 7) is 0. The second-order valence-corrected chi connectivity index (χ2v) is 6.99. The summed E-state index contributed by atoms with van der Waals surface area (Å²) >= 11 is 0. The molecule has 0 aromatic carbocycles. The highest BCUT2D eigenvalue weighted by atomic mass is 16.5. The summed E-state index contributed by atoms with van der Waals surface area (Å²) in [5.41, 5.74) is 0. The molecule has 0 heterocycles. The largest absolute Gasteiger partial charge is 0.481 e. The molecule has 0 aliphatic heterocycles. The van der Waals surface area contributed by atoms with Crippen LogP contribution in [0.15, 0.2) is 12.2 Å². The molecule has 4 aliphatic rings. The van der Waals surface area contributed by atoms with Gasteiger partial charge in [0.15, 0.2) is 0 Å². The lowest BCUT2D eigenvalue weighted by Crippen LogP contribution is -2.37. The van der Waals surface area contributed by atoms with E-state index in [9.17, 15) is 14.7 Å². The SMILES string of the molecule is O=C(O)[C@H]1[C@H](C(=O)O[C@H]2C[C@H]3CC[C@H]2C3)[C@H]2C=C[C@H]1C2. The van der Waals surface area contributed by atoms with Crippen LogP contribution in [0.2, 0.25) is 0 Å². The van der Waals surface area contributed by atoms with E-state index in [0.717, 1.165) is 18.8 Å². The maximum Gasteiger partial charge on any atom is 0.310 e. The van der Waals surface area contributed by atoms with E-state index in [4.69, 9.17) is 4.74 Å². The van der Waals surface area contributed by atoms with Crippen LogP contribution in [0, 0.1) is 35.5 Å². The first kappa shape index (κ1) is 12.4. The maximum absolute atomic E-state index is 12.5. The van der Waals surface area contributed by atoms with Crippen LogP contribution in [0.1, 0.15) is 32.1 Å². The first-order valence-corrected chi connectivity index (χ1v) is 7.75. The van der Waals surface area contributed by atoms with E-state index in [2.05, 4.69) is 0 Å². The Balaban J connectivity index is 1.48. The summed E-state index contributed by atoms with van der Waals surface area (Å²) in [6.07, 6.45) is 9.45. The zero-order valence-electron chi connectivity index (χ0n) is 11.4. The number of carboxylic acids is 1. The quantitative estimate of drug-likeness (QED) is 0.634. The molecule has 0 aromatic heterocycles. The van der Waals surface area contributed by atoms with Gasteiger partial charge in [-0.3, -0.25) is 9.59 Å². The highest BCUT2D eigenvalue weighted by molar-refractivity contribution is 5.83. The summed E-state index contributed by atoms with van der Waals surface area (Å²) in [6, 6.07) is 0. The molecular weight excluding hydrogens is 256 g/mol. The lowest BCUT2D eigenvalue weighted by molar-refractivity contribution is -0.164. The molecule has 4 rings (SSSR count). The Morgan fingerprint density at radius 1 is 1.00 bits per heavy atom. The molecule has 4 nitrogen and oxygen atoms in total. The molecule has 1 N–H and O–H groups in total. The Bertz CT molecular complexity index is 483. The number of aliphatic carboxylic acids is 1. The molecule has 3 fully saturated rings. The average Bonchev–Trinajstić information content (AvgIpc) is 3.16. The van der Waals surface area contributed by atoms with Gasteiger partial charge in [0.2, 0.25) is 0 Å². The predicted molar refractivity (Wildman–Crippen MR) is 70.7 cm³/mol. The van der Waals surface area contributed by atoms with Gasteiger partial charge in [-0.1, -0.05) is 12.2 Å². The summed E-state index contributed by atoms with van der Waals surface area (Å²) in [5, 5.41) is 9.38. The van der Waals surface area contributed by atoms with E-state index >= 15 is 0 Å². The molecule has 4 aliphatic carbocycles.